The number of aromatic nitrogens is 1. The first-order valence-corrected chi connectivity index (χ1v) is 5.95. The van der Waals surface area contributed by atoms with Crippen LogP contribution in [0.15, 0.2) is 18.5 Å². The number of nitrogens with one attached hydrogen (secondary N) is 1. The number of hydrogen-bond donors (Lipinski definition) is 2. The lowest BCUT2D eigenvalue weighted by Gasteiger charge is -2.45. The summed E-state index contributed by atoms with van der Waals surface area (Å²) >= 11 is 0. The van der Waals surface area contributed by atoms with Crippen molar-refractivity contribution in [1.29, 1.82) is 0 Å². The van der Waals surface area contributed by atoms with E-state index in [4.69, 9.17) is 10.5 Å². The number of pyridine rings is 1. The second-order valence-corrected chi connectivity index (χ2v) is 4.76. The second kappa shape index (κ2) is 4.29. The maximum absolute atomic E-state index is 13.0. The highest BCUT2D eigenvalue weighted by atomic mass is 19.1. The number of hydrogen-bond acceptors (Lipinski definition) is 4. The third-order valence-corrected chi connectivity index (χ3v) is 3.71. The number of rotatable bonds is 2. The molecule has 6 heteroatoms. The average molecular weight is 251 g/mol. The molecule has 2 fully saturated rings. The molecule has 1 saturated heterocycles. The van der Waals surface area contributed by atoms with Crippen LogP contribution in [0.25, 0.3) is 0 Å². The molecule has 0 bridgehead atoms. The predicted octanol–water partition coefficient (Wildman–Crippen LogP) is 0.0651. The van der Waals surface area contributed by atoms with Crippen molar-refractivity contribution in [2.45, 2.75) is 24.6 Å². The van der Waals surface area contributed by atoms with Gasteiger partial charge in [0.2, 0.25) is 0 Å². The zero-order valence-electron chi connectivity index (χ0n) is 9.67. The fourth-order valence-corrected chi connectivity index (χ4v) is 2.70. The number of carbonyl (C=O) groups is 1. The summed E-state index contributed by atoms with van der Waals surface area (Å²) < 4.78 is 18.5. The van der Waals surface area contributed by atoms with Gasteiger partial charge in [-0.15, -0.1) is 0 Å². The van der Waals surface area contributed by atoms with Gasteiger partial charge in [-0.2, -0.15) is 0 Å². The van der Waals surface area contributed by atoms with Crippen LogP contribution in [-0.4, -0.2) is 35.7 Å². The Hall–Kier alpha value is -1.53. The Morgan fingerprint density at radius 3 is 3.17 bits per heavy atom. The zero-order valence-corrected chi connectivity index (χ0v) is 9.67. The SMILES string of the molecule is NC1C2CCOC2C1NC(=O)c1cncc(F)c1. The molecule has 1 amide bonds. The maximum atomic E-state index is 13.0. The second-order valence-electron chi connectivity index (χ2n) is 4.76. The summed E-state index contributed by atoms with van der Waals surface area (Å²) in [5.41, 5.74) is 6.18. The molecule has 0 aromatic carbocycles. The Morgan fingerprint density at radius 1 is 1.56 bits per heavy atom. The molecular weight excluding hydrogens is 237 g/mol. The van der Waals surface area contributed by atoms with Crippen molar-refractivity contribution in [3.8, 4) is 0 Å². The van der Waals surface area contributed by atoms with E-state index in [-0.39, 0.29) is 29.7 Å². The smallest absolute Gasteiger partial charge is 0.253 e. The quantitative estimate of drug-likeness (QED) is 0.779. The van der Waals surface area contributed by atoms with E-state index < -0.39 is 5.82 Å². The molecule has 4 atom stereocenters. The van der Waals surface area contributed by atoms with Crippen LogP contribution in [0.5, 0.6) is 0 Å². The average Bonchev–Trinajstić information content (AvgIpc) is 2.80. The van der Waals surface area contributed by atoms with Gasteiger partial charge in [0.15, 0.2) is 0 Å². The molecule has 18 heavy (non-hydrogen) atoms. The van der Waals surface area contributed by atoms with Gasteiger partial charge in [-0.05, 0) is 12.5 Å². The highest BCUT2D eigenvalue weighted by Crippen LogP contribution is 2.37. The molecule has 4 unspecified atom stereocenters. The highest BCUT2D eigenvalue weighted by Gasteiger charge is 2.52. The highest BCUT2D eigenvalue weighted by molar-refractivity contribution is 5.94. The van der Waals surface area contributed by atoms with Crippen LogP contribution in [0.4, 0.5) is 4.39 Å². The first-order chi connectivity index (χ1) is 8.66. The maximum Gasteiger partial charge on any atom is 0.253 e. The molecule has 1 aliphatic carbocycles. The molecule has 1 aliphatic heterocycles. The van der Waals surface area contributed by atoms with Crippen molar-refractivity contribution in [2.75, 3.05) is 6.61 Å². The first-order valence-electron chi connectivity index (χ1n) is 5.95. The topological polar surface area (TPSA) is 77.2 Å². The predicted molar refractivity (Wildman–Crippen MR) is 61.3 cm³/mol. The van der Waals surface area contributed by atoms with E-state index >= 15 is 0 Å². The van der Waals surface area contributed by atoms with Gasteiger partial charge in [0.1, 0.15) is 5.82 Å². The summed E-state index contributed by atoms with van der Waals surface area (Å²) in [5.74, 6) is -0.562. The van der Waals surface area contributed by atoms with Crippen molar-refractivity contribution in [3.63, 3.8) is 0 Å². The van der Waals surface area contributed by atoms with Crippen LogP contribution in [0, 0.1) is 11.7 Å². The van der Waals surface area contributed by atoms with Crippen molar-refractivity contribution in [1.82, 2.24) is 10.3 Å². The fourth-order valence-electron chi connectivity index (χ4n) is 2.70. The molecular formula is C12H14FN3O2. The van der Waals surface area contributed by atoms with Crippen molar-refractivity contribution in [2.24, 2.45) is 11.7 Å². The Morgan fingerprint density at radius 2 is 2.39 bits per heavy atom. The largest absolute Gasteiger partial charge is 0.376 e. The summed E-state index contributed by atoms with van der Waals surface area (Å²) in [5, 5.41) is 2.79. The first kappa shape index (κ1) is 11.6. The number of carbonyl (C=O) groups excluding carboxylic acids is 1. The number of nitrogens with zero attached hydrogens (tertiary/aromatic N) is 1. The summed E-state index contributed by atoms with van der Waals surface area (Å²) in [6.07, 6.45) is 3.34. The van der Waals surface area contributed by atoms with Gasteiger partial charge in [-0.3, -0.25) is 9.78 Å². The van der Waals surface area contributed by atoms with Gasteiger partial charge < -0.3 is 15.8 Å². The van der Waals surface area contributed by atoms with E-state index in [9.17, 15) is 9.18 Å². The van der Waals surface area contributed by atoms with Crippen LogP contribution in [0.2, 0.25) is 0 Å². The summed E-state index contributed by atoms with van der Waals surface area (Å²) in [4.78, 5) is 15.5. The molecule has 0 spiro atoms. The van der Waals surface area contributed by atoms with E-state index in [1.807, 2.05) is 0 Å². The summed E-state index contributed by atoms with van der Waals surface area (Å²) in [7, 11) is 0. The number of amides is 1. The molecule has 1 saturated carbocycles. The third-order valence-electron chi connectivity index (χ3n) is 3.71. The molecule has 1 aromatic heterocycles. The van der Waals surface area contributed by atoms with Crippen molar-refractivity contribution >= 4 is 5.91 Å². The summed E-state index contributed by atoms with van der Waals surface area (Å²) in [6, 6.07) is 0.885. The van der Waals surface area contributed by atoms with Crippen LogP contribution >= 0.6 is 0 Å². The normalized spacial score (nSPS) is 33.7. The van der Waals surface area contributed by atoms with E-state index in [1.165, 1.54) is 6.20 Å². The van der Waals surface area contributed by atoms with Crippen LogP contribution in [-0.2, 0) is 4.74 Å². The van der Waals surface area contributed by atoms with E-state index in [2.05, 4.69) is 10.3 Å². The van der Waals surface area contributed by atoms with Crippen molar-refractivity contribution in [3.05, 3.63) is 29.8 Å². The number of ether oxygens (including phenoxy) is 1. The van der Waals surface area contributed by atoms with E-state index in [1.54, 1.807) is 0 Å². The fraction of sp³-hybridized carbons (Fsp3) is 0.500. The van der Waals surface area contributed by atoms with E-state index in [0.717, 1.165) is 18.7 Å². The van der Waals surface area contributed by atoms with Gasteiger partial charge in [0.05, 0.1) is 23.9 Å². The molecule has 3 rings (SSSR count). The minimum Gasteiger partial charge on any atom is -0.376 e. The number of halogens is 1. The zero-order chi connectivity index (χ0) is 12.7. The number of nitrogens with two attached hydrogens (primary N) is 1. The van der Waals surface area contributed by atoms with Crippen LogP contribution in [0.3, 0.4) is 0 Å². The minimum absolute atomic E-state index is 0.00506. The Labute approximate surface area is 104 Å². The lowest BCUT2D eigenvalue weighted by Crippen LogP contribution is -2.68. The van der Waals surface area contributed by atoms with Gasteiger partial charge in [0.25, 0.3) is 5.91 Å². The van der Waals surface area contributed by atoms with Crippen LogP contribution in [0.1, 0.15) is 16.8 Å². The number of fused-ring (bicyclic) bond motifs is 1. The van der Waals surface area contributed by atoms with Crippen molar-refractivity contribution < 1.29 is 13.9 Å². The van der Waals surface area contributed by atoms with Gasteiger partial charge in [-0.25, -0.2) is 4.39 Å². The Kier molecular flexibility index (Phi) is 2.76. The molecule has 2 heterocycles. The molecule has 0 radical (unpaired) electrons. The van der Waals surface area contributed by atoms with E-state index in [0.29, 0.717) is 12.5 Å². The van der Waals surface area contributed by atoms with Crippen LogP contribution < -0.4 is 11.1 Å². The monoisotopic (exact) mass is 251 g/mol. The summed E-state index contributed by atoms with van der Waals surface area (Å²) in [6.45, 7) is 0.691. The minimum atomic E-state index is -0.532. The molecule has 2 aliphatic rings. The standard InChI is InChI=1S/C12H14FN3O2/c13-7-3-6(4-15-5-7)12(17)16-10-9(14)8-1-2-18-11(8)10/h3-5,8-11H,1-2,14H2,(H,16,17). The Bertz CT molecular complexity index is 482. The van der Waals surface area contributed by atoms with Gasteiger partial charge >= 0.3 is 0 Å². The lowest BCUT2D eigenvalue weighted by atomic mass is 9.72. The Balaban J connectivity index is 1.68. The van der Waals surface area contributed by atoms with Gasteiger partial charge in [0, 0.05) is 24.8 Å². The third kappa shape index (κ3) is 1.77. The molecule has 5 nitrogen and oxygen atoms in total. The lowest BCUT2D eigenvalue weighted by molar-refractivity contribution is -0.0161. The molecule has 96 valence electrons. The molecule has 3 N–H and O–H groups in total. The molecule has 1 aromatic rings. The van der Waals surface area contributed by atoms with Gasteiger partial charge in [-0.1, -0.05) is 0 Å².